The molecule has 0 bridgehead atoms. The van der Waals surface area contributed by atoms with E-state index in [1.165, 1.54) is 0 Å². The average molecular weight is 287 g/mol. The molecular weight excluding hydrogens is 266 g/mol. The first-order valence-corrected chi connectivity index (χ1v) is 7.30. The number of nitrogens with zero attached hydrogens (tertiary/aromatic N) is 2. The predicted octanol–water partition coefficient (Wildman–Crippen LogP) is 3.35. The van der Waals surface area contributed by atoms with Gasteiger partial charge in [-0.25, -0.2) is 4.98 Å². The van der Waals surface area contributed by atoms with Gasteiger partial charge in [-0.15, -0.1) is 0 Å². The Morgan fingerprint density at radius 2 is 2.05 bits per heavy atom. The van der Waals surface area contributed by atoms with Crippen LogP contribution in [0.3, 0.4) is 0 Å². The number of hydrogen-bond donors (Lipinski definition) is 1. The summed E-state index contributed by atoms with van der Waals surface area (Å²) in [5.41, 5.74) is 7.69. The fourth-order valence-electron chi connectivity index (χ4n) is 2.13. The first-order valence-electron chi connectivity index (χ1n) is 6.89. The number of rotatable bonds is 5. The van der Waals surface area contributed by atoms with Gasteiger partial charge >= 0.3 is 0 Å². The SMILES string of the molecule is CC(C)CCN(C)c1cc(C(N)=S)c2ccccc2n1. The van der Waals surface area contributed by atoms with Crippen LogP contribution in [0.2, 0.25) is 0 Å². The van der Waals surface area contributed by atoms with E-state index in [0.717, 1.165) is 35.2 Å². The number of hydrogen-bond acceptors (Lipinski definition) is 3. The number of thiocarbonyl (C=S) groups is 1. The molecule has 1 aromatic heterocycles. The Morgan fingerprint density at radius 3 is 2.70 bits per heavy atom. The van der Waals surface area contributed by atoms with Crippen molar-refractivity contribution in [2.24, 2.45) is 11.7 Å². The minimum absolute atomic E-state index is 0.419. The van der Waals surface area contributed by atoms with Crippen LogP contribution in [0, 0.1) is 5.92 Å². The van der Waals surface area contributed by atoms with E-state index >= 15 is 0 Å². The lowest BCUT2D eigenvalue weighted by atomic mass is 10.1. The predicted molar refractivity (Wildman–Crippen MR) is 90.4 cm³/mol. The number of para-hydroxylation sites is 1. The molecule has 0 radical (unpaired) electrons. The van der Waals surface area contributed by atoms with Gasteiger partial charge in [0.1, 0.15) is 10.8 Å². The lowest BCUT2D eigenvalue weighted by molar-refractivity contribution is 0.584. The number of nitrogens with two attached hydrogens (primary N) is 1. The fourth-order valence-corrected chi connectivity index (χ4v) is 2.30. The molecule has 0 saturated carbocycles. The first-order chi connectivity index (χ1) is 9.49. The zero-order valence-electron chi connectivity index (χ0n) is 12.3. The summed E-state index contributed by atoms with van der Waals surface area (Å²) in [6, 6.07) is 9.96. The molecule has 0 aliphatic rings. The Kier molecular flexibility index (Phi) is 4.55. The molecule has 1 heterocycles. The van der Waals surface area contributed by atoms with E-state index in [1.807, 2.05) is 30.3 Å². The van der Waals surface area contributed by atoms with Crippen LogP contribution in [0.4, 0.5) is 5.82 Å². The highest BCUT2D eigenvalue weighted by Crippen LogP contribution is 2.22. The molecule has 106 valence electrons. The summed E-state index contributed by atoms with van der Waals surface area (Å²) < 4.78 is 0. The van der Waals surface area contributed by atoms with Crippen molar-refractivity contribution in [3.63, 3.8) is 0 Å². The molecule has 2 rings (SSSR count). The van der Waals surface area contributed by atoms with Crippen LogP contribution >= 0.6 is 12.2 Å². The molecule has 1 aromatic carbocycles. The van der Waals surface area contributed by atoms with Crippen molar-refractivity contribution in [2.75, 3.05) is 18.5 Å². The Morgan fingerprint density at radius 1 is 1.35 bits per heavy atom. The molecule has 3 nitrogen and oxygen atoms in total. The van der Waals surface area contributed by atoms with Gasteiger partial charge in [0.15, 0.2) is 0 Å². The second kappa shape index (κ2) is 6.18. The molecular formula is C16H21N3S. The molecule has 0 amide bonds. The molecule has 20 heavy (non-hydrogen) atoms. The van der Waals surface area contributed by atoms with Crippen molar-refractivity contribution in [3.05, 3.63) is 35.9 Å². The number of benzene rings is 1. The van der Waals surface area contributed by atoms with Crippen molar-refractivity contribution >= 4 is 33.9 Å². The van der Waals surface area contributed by atoms with Crippen LogP contribution in [0.25, 0.3) is 10.9 Å². The van der Waals surface area contributed by atoms with Crippen molar-refractivity contribution in [3.8, 4) is 0 Å². The Hall–Kier alpha value is -1.68. The molecule has 0 aliphatic heterocycles. The highest BCUT2D eigenvalue weighted by Gasteiger charge is 2.10. The lowest BCUT2D eigenvalue weighted by Gasteiger charge is -2.20. The van der Waals surface area contributed by atoms with Crippen LogP contribution in [-0.4, -0.2) is 23.6 Å². The van der Waals surface area contributed by atoms with Gasteiger partial charge in [-0.05, 0) is 24.5 Å². The Bertz CT molecular complexity index is 622. The van der Waals surface area contributed by atoms with E-state index in [4.69, 9.17) is 22.9 Å². The zero-order valence-corrected chi connectivity index (χ0v) is 13.1. The highest BCUT2D eigenvalue weighted by atomic mass is 32.1. The maximum atomic E-state index is 5.86. The minimum atomic E-state index is 0.419. The number of fused-ring (bicyclic) bond motifs is 1. The smallest absolute Gasteiger partial charge is 0.129 e. The molecule has 2 N–H and O–H groups in total. The van der Waals surface area contributed by atoms with Gasteiger partial charge in [-0.2, -0.15) is 0 Å². The summed E-state index contributed by atoms with van der Waals surface area (Å²) in [5.74, 6) is 1.60. The van der Waals surface area contributed by atoms with E-state index in [-0.39, 0.29) is 0 Å². The molecule has 0 spiro atoms. The third kappa shape index (κ3) is 3.25. The Labute approximate surface area is 125 Å². The topological polar surface area (TPSA) is 42.1 Å². The maximum absolute atomic E-state index is 5.86. The molecule has 0 aliphatic carbocycles. The largest absolute Gasteiger partial charge is 0.389 e. The quantitative estimate of drug-likeness (QED) is 0.856. The number of pyridine rings is 1. The van der Waals surface area contributed by atoms with Crippen molar-refractivity contribution in [1.29, 1.82) is 0 Å². The van der Waals surface area contributed by atoms with Crippen LogP contribution in [0.15, 0.2) is 30.3 Å². The molecule has 2 aromatic rings. The fraction of sp³-hybridized carbons (Fsp3) is 0.375. The van der Waals surface area contributed by atoms with Crippen LogP contribution in [-0.2, 0) is 0 Å². The number of aromatic nitrogens is 1. The third-order valence-electron chi connectivity index (χ3n) is 3.40. The van der Waals surface area contributed by atoms with E-state index in [9.17, 15) is 0 Å². The summed E-state index contributed by atoms with van der Waals surface area (Å²) in [5, 5.41) is 1.01. The summed E-state index contributed by atoms with van der Waals surface area (Å²) in [6.45, 7) is 5.42. The van der Waals surface area contributed by atoms with Gasteiger partial charge in [0.25, 0.3) is 0 Å². The summed E-state index contributed by atoms with van der Waals surface area (Å²) >= 11 is 5.17. The summed E-state index contributed by atoms with van der Waals surface area (Å²) in [4.78, 5) is 7.29. The molecule has 0 fully saturated rings. The van der Waals surface area contributed by atoms with Gasteiger partial charge in [-0.1, -0.05) is 44.3 Å². The lowest BCUT2D eigenvalue weighted by Crippen LogP contribution is -2.22. The van der Waals surface area contributed by atoms with Crippen LogP contribution in [0.5, 0.6) is 0 Å². The van der Waals surface area contributed by atoms with Gasteiger partial charge in [0, 0.05) is 24.5 Å². The Balaban J connectivity index is 2.42. The van der Waals surface area contributed by atoms with Crippen molar-refractivity contribution < 1.29 is 0 Å². The highest BCUT2D eigenvalue weighted by molar-refractivity contribution is 7.80. The second-order valence-electron chi connectivity index (χ2n) is 5.51. The third-order valence-corrected chi connectivity index (χ3v) is 3.62. The van der Waals surface area contributed by atoms with Gasteiger partial charge < -0.3 is 10.6 Å². The molecule has 0 saturated heterocycles. The molecule has 0 unspecified atom stereocenters. The van der Waals surface area contributed by atoms with Gasteiger partial charge in [0.05, 0.1) is 5.52 Å². The molecule has 4 heteroatoms. The van der Waals surface area contributed by atoms with E-state index in [2.05, 4.69) is 25.8 Å². The average Bonchev–Trinajstić information content (AvgIpc) is 2.43. The van der Waals surface area contributed by atoms with Crippen molar-refractivity contribution in [2.45, 2.75) is 20.3 Å². The minimum Gasteiger partial charge on any atom is -0.389 e. The van der Waals surface area contributed by atoms with E-state index in [1.54, 1.807) is 0 Å². The van der Waals surface area contributed by atoms with Gasteiger partial charge in [0.2, 0.25) is 0 Å². The summed E-state index contributed by atoms with van der Waals surface area (Å²) in [6.07, 6.45) is 1.13. The standard InChI is InChI=1S/C16H21N3S/c1-11(2)8-9-19(3)15-10-13(16(17)20)12-6-4-5-7-14(12)18-15/h4-7,10-11H,8-9H2,1-3H3,(H2,17,20). The monoisotopic (exact) mass is 287 g/mol. The zero-order chi connectivity index (χ0) is 14.7. The normalized spacial score (nSPS) is 11.0. The first kappa shape index (κ1) is 14.7. The van der Waals surface area contributed by atoms with Crippen LogP contribution < -0.4 is 10.6 Å². The van der Waals surface area contributed by atoms with Gasteiger partial charge in [-0.3, -0.25) is 0 Å². The van der Waals surface area contributed by atoms with E-state index < -0.39 is 0 Å². The number of anilines is 1. The molecule has 0 atom stereocenters. The van der Waals surface area contributed by atoms with Crippen molar-refractivity contribution in [1.82, 2.24) is 4.98 Å². The second-order valence-corrected chi connectivity index (χ2v) is 5.95. The maximum Gasteiger partial charge on any atom is 0.129 e. The van der Waals surface area contributed by atoms with Crippen LogP contribution in [0.1, 0.15) is 25.8 Å². The summed E-state index contributed by atoms with van der Waals surface area (Å²) in [7, 11) is 2.06. The van der Waals surface area contributed by atoms with E-state index in [0.29, 0.717) is 10.9 Å².